The molecule has 1 saturated heterocycles. The summed E-state index contributed by atoms with van der Waals surface area (Å²) in [4.78, 5) is 40.4. The number of carbonyl (C=O) groups excluding carboxylic acids is 3. The van der Waals surface area contributed by atoms with Gasteiger partial charge in [0.05, 0.1) is 13.2 Å². The summed E-state index contributed by atoms with van der Waals surface area (Å²) in [6.07, 6.45) is 6.88. The molecule has 2 aromatic carbocycles. The number of phenolic OH excluding ortho intramolecular Hbond substituents is 1. The highest BCUT2D eigenvalue weighted by molar-refractivity contribution is 6.18. The molecule has 7 nitrogen and oxygen atoms in total. The molecule has 5 atom stereocenters. The summed E-state index contributed by atoms with van der Waals surface area (Å²) >= 11 is 0. The molecule has 1 N–H and O–H groups in total. The number of fused-ring (bicyclic) bond motifs is 1. The van der Waals surface area contributed by atoms with Crippen molar-refractivity contribution in [3.63, 3.8) is 0 Å². The number of hydrogen-bond donors (Lipinski definition) is 1. The van der Waals surface area contributed by atoms with Gasteiger partial charge in [-0.1, -0.05) is 54.1 Å². The lowest BCUT2D eigenvalue weighted by molar-refractivity contribution is -0.174. The molecule has 1 spiro atoms. The van der Waals surface area contributed by atoms with Crippen LogP contribution >= 0.6 is 0 Å². The molecule has 7 rings (SSSR count). The normalized spacial score (nSPS) is 30.4. The molecule has 0 aromatic heterocycles. The molecule has 2 heterocycles. The van der Waals surface area contributed by atoms with Crippen LogP contribution in [0.2, 0.25) is 0 Å². The van der Waals surface area contributed by atoms with E-state index in [0.29, 0.717) is 5.57 Å². The molecule has 5 aliphatic rings. The lowest BCUT2D eigenvalue weighted by Gasteiger charge is -2.58. The Hall–Kier alpha value is -3.97. The van der Waals surface area contributed by atoms with E-state index in [1.54, 1.807) is 24.3 Å². The number of benzene rings is 2. The van der Waals surface area contributed by atoms with Crippen molar-refractivity contribution in [1.29, 1.82) is 0 Å². The quantitative estimate of drug-likeness (QED) is 0.347. The number of carbonyl (C=O) groups is 3. The third-order valence-electron chi connectivity index (χ3n) is 8.23. The molecule has 1 saturated carbocycles. The SMILES string of the molecule is CC(C)=CC[C@@]12OC[C@@H]3[C@@H](COC(=O)/C=C/c4ccccc4)[C@@H](C=C4C(=O)c5c(O)cccc5O[C@]431)C2=O. The number of Topliss-reactive ketones (excluding diaryl/α,β-unsaturated/α-hetero) is 2. The fourth-order valence-corrected chi connectivity index (χ4v) is 6.50. The van der Waals surface area contributed by atoms with Gasteiger partial charge >= 0.3 is 5.97 Å². The lowest BCUT2D eigenvalue weighted by Crippen LogP contribution is -2.74. The summed E-state index contributed by atoms with van der Waals surface area (Å²) in [6.45, 7) is 4.04. The van der Waals surface area contributed by atoms with Crippen molar-refractivity contribution < 1.29 is 33.7 Å². The molecule has 194 valence electrons. The van der Waals surface area contributed by atoms with Gasteiger partial charge in [0.15, 0.2) is 22.8 Å². The van der Waals surface area contributed by atoms with Crippen LogP contribution in [-0.4, -0.2) is 47.1 Å². The van der Waals surface area contributed by atoms with Gasteiger partial charge in [-0.05, 0) is 37.6 Å². The number of esters is 1. The Balaban J connectivity index is 1.37. The zero-order valence-electron chi connectivity index (χ0n) is 21.2. The van der Waals surface area contributed by atoms with E-state index in [9.17, 15) is 19.5 Å². The maximum atomic E-state index is 14.1. The second-order valence-corrected chi connectivity index (χ2v) is 10.6. The number of rotatable bonds is 6. The second kappa shape index (κ2) is 8.81. The van der Waals surface area contributed by atoms with E-state index in [1.807, 2.05) is 50.3 Å². The van der Waals surface area contributed by atoms with Crippen LogP contribution in [0.4, 0.5) is 0 Å². The smallest absolute Gasteiger partial charge is 0.330 e. The molecular formula is C31H28O7. The van der Waals surface area contributed by atoms with Gasteiger partial charge in [-0.3, -0.25) is 9.59 Å². The van der Waals surface area contributed by atoms with Gasteiger partial charge in [0.1, 0.15) is 17.1 Å². The first-order chi connectivity index (χ1) is 18.3. The predicted molar refractivity (Wildman–Crippen MR) is 139 cm³/mol. The number of ether oxygens (including phenoxy) is 3. The highest BCUT2D eigenvalue weighted by Gasteiger charge is 2.79. The molecule has 0 amide bonds. The number of allylic oxidation sites excluding steroid dienone is 2. The topological polar surface area (TPSA) is 99.1 Å². The number of hydrogen-bond acceptors (Lipinski definition) is 7. The van der Waals surface area contributed by atoms with E-state index in [4.69, 9.17) is 14.2 Å². The Labute approximate surface area is 220 Å². The molecule has 2 fully saturated rings. The van der Waals surface area contributed by atoms with Crippen LogP contribution in [0.15, 0.2) is 77.9 Å². The first kappa shape index (κ1) is 24.4. The van der Waals surface area contributed by atoms with Gasteiger partial charge < -0.3 is 19.3 Å². The minimum Gasteiger partial charge on any atom is -0.507 e. The van der Waals surface area contributed by atoms with E-state index in [2.05, 4.69) is 0 Å². The van der Waals surface area contributed by atoms with Crippen molar-refractivity contribution in [1.82, 2.24) is 0 Å². The Kier molecular flexibility index (Phi) is 5.65. The fourth-order valence-electron chi connectivity index (χ4n) is 6.50. The van der Waals surface area contributed by atoms with Crippen LogP contribution in [0, 0.1) is 17.8 Å². The predicted octanol–water partition coefficient (Wildman–Crippen LogP) is 4.46. The standard InChI is InChI=1S/C31H28O7/c1-18(2)13-14-30-29(35)20-15-22-28(34)27-24(32)9-6-10-25(27)38-31(22,30)23(17-37-30)21(20)16-36-26(33)12-11-19-7-4-3-5-8-19/h3-13,15,20-21,23,32H,14,16-17H2,1-2H3/b12-11+/t20-,21+,23-,30+,31-/m1/s1. The largest absolute Gasteiger partial charge is 0.507 e. The van der Waals surface area contributed by atoms with E-state index >= 15 is 0 Å². The van der Waals surface area contributed by atoms with Gasteiger partial charge in [0, 0.05) is 35.8 Å². The summed E-state index contributed by atoms with van der Waals surface area (Å²) in [5, 5.41) is 10.5. The third kappa shape index (κ3) is 3.34. The van der Waals surface area contributed by atoms with E-state index in [-0.39, 0.29) is 48.3 Å². The van der Waals surface area contributed by atoms with Gasteiger partial charge in [0.2, 0.25) is 0 Å². The van der Waals surface area contributed by atoms with Crippen molar-refractivity contribution in [3.05, 3.63) is 89.0 Å². The minimum absolute atomic E-state index is 0.0168. The summed E-state index contributed by atoms with van der Waals surface area (Å²) in [5.74, 6) is -2.51. The second-order valence-electron chi connectivity index (χ2n) is 10.6. The van der Waals surface area contributed by atoms with Crippen molar-refractivity contribution in [2.24, 2.45) is 17.8 Å². The summed E-state index contributed by atoms with van der Waals surface area (Å²) in [6, 6.07) is 14.1. The Bertz CT molecular complexity index is 1430. The lowest BCUT2D eigenvalue weighted by atomic mass is 9.49. The molecular weight excluding hydrogens is 484 g/mol. The first-order valence-electron chi connectivity index (χ1n) is 12.8. The average molecular weight is 513 g/mol. The molecule has 0 radical (unpaired) electrons. The van der Waals surface area contributed by atoms with Crippen molar-refractivity contribution in [2.45, 2.75) is 31.5 Å². The summed E-state index contributed by atoms with van der Waals surface area (Å²) in [7, 11) is 0. The molecule has 3 aliphatic carbocycles. The van der Waals surface area contributed by atoms with Crippen LogP contribution in [0.3, 0.4) is 0 Å². The van der Waals surface area contributed by atoms with Crippen LogP contribution in [0.1, 0.15) is 36.2 Å². The van der Waals surface area contributed by atoms with Gasteiger partial charge in [0.25, 0.3) is 0 Å². The van der Waals surface area contributed by atoms with Crippen molar-refractivity contribution >= 4 is 23.6 Å². The molecule has 38 heavy (non-hydrogen) atoms. The van der Waals surface area contributed by atoms with Crippen molar-refractivity contribution in [3.8, 4) is 11.5 Å². The monoisotopic (exact) mass is 512 g/mol. The maximum Gasteiger partial charge on any atom is 0.330 e. The molecule has 4 bridgehead atoms. The van der Waals surface area contributed by atoms with Crippen LogP contribution in [0.5, 0.6) is 11.5 Å². The molecule has 7 heteroatoms. The zero-order chi connectivity index (χ0) is 26.7. The van der Waals surface area contributed by atoms with Gasteiger partial charge in [-0.25, -0.2) is 4.79 Å². The third-order valence-corrected chi connectivity index (χ3v) is 8.23. The van der Waals surface area contributed by atoms with Gasteiger partial charge in [-0.2, -0.15) is 0 Å². The van der Waals surface area contributed by atoms with Gasteiger partial charge in [-0.15, -0.1) is 0 Å². The highest BCUT2D eigenvalue weighted by Crippen LogP contribution is 2.65. The molecule has 2 aromatic rings. The Morgan fingerprint density at radius 2 is 1.92 bits per heavy atom. The van der Waals surface area contributed by atoms with Crippen LogP contribution in [0.25, 0.3) is 6.08 Å². The highest BCUT2D eigenvalue weighted by atomic mass is 16.6. The minimum atomic E-state index is -1.38. The molecule has 2 aliphatic heterocycles. The van der Waals surface area contributed by atoms with E-state index in [1.165, 1.54) is 12.1 Å². The molecule has 0 unspecified atom stereocenters. The maximum absolute atomic E-state index is 14.1. The first-order valence-corrected chi connectivity index (χ1v) is 12.8. The van der Waals surface area contributed by atoms with E-state index in [0.717, 1.165) is 11.1 Å². The zero-order valence-corrected chi connectivity index (χ0v) is 21.2. The Morgan fingerprint density at radius 1 is 1.13 bits per heavy atom. The summed E-state index contributed by atoms with van der Waals surface area (Å²) in [5.41, 5.74) is -0.441. The summed E-state index contributed by atoms with van der Waals surface area (Å²) < 4.78 is 18.6. The van der Waals surface area contributed by atoms with Crippen LogP contribution < -0.4 is 4.74 Å². The number of aromatic hydroxyl groups is 1. The number of phenols is 1. The average Bonchev–Trinajstić information content (AvgIpc) is 3.19. The Morgan fingerprint density at radius 3 is 2.68 bits per heavy atom. The van der Waals surface area contributed by atoms with Crippen LogP contribution in [-0.2, 0) is 19.1 Å². The fraction of sp³-hybridized carbons (Fsp3) is 0.323. The van der Waals surface area contributed by atoms with E-state index < -0.39 is 34.9 Å². The van der Waals surface area contributed by atoms with Crippen molar-refractivity contribution in [2.75, 3.05) is 13.2 Å². The number of ketones is 2.